The number of hydrogen-bond acceptors (Lipinski definition) is 7. The lowest BCUT2D eigenvalue weighted by Gasteiger charge is -2.33. The molecule has 20 heavy (non-hydrogen) atoms. The minimum atomic E-state index is -0.632. The Morgan fingerprint density at radius 3 is 3.15 bits per heavy atom. The highest BCUT2D eigenvalue weighted by atomic mass is 32.1. The molecule has 1 unspecified atom stereocenters. The van der Waals surface area contributed by atoms with Gasteiger partial charge in [-0.05, 0) is 4.92 Å². The van der Waals surface area contributed by atoms with E-state index in [1.165, 1.54) is 15.7 Å². The second-order valence-electron chi connectivity index (χ2n) is 4.39. The van der Waals surface area contributed by atoms with Crippen molar-refractivity contribution in [3.05, 3.63) is 21.7 Å². The molecule has 1 aliphatic rings. The Morgan fingerprint density at radius 1 is 1.65 bits per heavy atom. The summed E-state index contributed by atoms with van der Waals surface area (Å²) in [4.78, 5) is 28.7. The number of nitro groups is 1. The van der Waals surface area contributed by atoms with E-state index in [4.69, 9.17) is 5.73 Å². The first kappa shape index (κ1) is 12.8. The Bertz CT molecular complexity index is 680. The van der Waals surface area contributed by atoms with Gasteiger partial charge in [-0.25, -0.2) is 0 Å². The summed E-state index contributed by atoms with van der Waals surface area (Å²) in [6, 6.07) is -0.632. The van der Waals surface area contributed by atoms with Gasteiger partial charge in [-0.15, -0.1) is 0 Å². The third-order valence-corrected chi connectivity index (χ3v) is 3.99. The number of thiazole rings is 1. The maximum absolute atomic E-state index is 11.5. The van der Waals surface area contributed by atoms with Crippen molar-refractivity contribution in [3.8, 4) is 0 Å². The maximum Gasteiger partial charge on any atom is 0.373 e. The molecule has 9 nitrogen and oxygen atoms in total. The molecule has 3 heterocycles. The molecule has 0 bridgehead atoms. The van der Waals surface area contributed by atoms with Crippen LogP contribution in [0.3, 0.4) is 0 Å². The Morgan fingerprint density at radius 2 is 2.45 bits per heavy atom. The van der Waals surface area contributed by atoms with Crippen molar-refractivity contribution < 1.29 is 9.72 Å². The second-order valence-corrected chi connectivity index (χ2v) is 5.26. The first-order chi connectivity index (χ1) is 9.59. The topological polar surface area (TPSA) is 119 Å². The number of aromatic nitrogens is 2. The van der Waals surface area contributed by atoms with Crippen LogP contribution in [0.4, 0.5) is 11.6 Å². The minimum absolute atomic E-state index is 0.130. The highest BCUT2D eigenvalue weighted by Gasteiger charge is 2.35. The molecule has 1 amide bonds. The van der Waals surface area contributed by atoms with E-state index in [0.717, 1.165) is 0 Å². The molecule has 1 saturated heterocycles. The van der Waals surface area contributed by atoms with Gasteiger partial charge in [-0.3, -0.25) is 4.79 Å². The smallest absolute Gasteiger partial charge is 0.368 e. The molecule has 0 aromatic carbocycles. The van der Waals surface area contributed by atoms with E-state index in [9.17, 15) is 14.9 Å². The lowest BCUT2D eigenvalue weighted by atomic mass is 10.2. The van der Waals surface area contributed by atoms with Crippen molar-refractivity contribution in [2.45, 2.75) is 6.04 Å². The number of fused-ring (bicyclic) bond motifs is 1. The number of anilines is 1. The summed E-state index contributed by atoms with van der Waals surface area (Å²) in [5, 5.41) is 16.1. The average molecular weight is 296 g/mol. The quantitative estimate of drug-likeness (QED) is 0.586. The lowest BCUT2D eigenvalue weighted by molar-refractivity contribution is -0.389. The second kappa shape index (κ2) is 4.72. The third-order valence-electron chi connectivity index (χ3n) is 3.24. The number of imidazole rings is 1. The molecule has 1 fully saturated rings. The molecule has 1 aliphatic heterocycles. The highest BCUT2D eigenvalue weighted by molar-refractivity contribution is 7.15. The van der Waals surface area contributed by atoms with Crippen LogP contribution in [0.5, 0.6) is 0 Å². The van der Waals surface area contributed by atoms with Crippen molar-refractivity contribution in [1.29, 1.82) is 0 Å². The van der Waals surface area contributed by atoms with Crippen LogP contribution in [0.2, 0.25) is 0 Å². The minimum Gasteiger partial charge on any atom is -0.368 e. The number of rotatable bonds is 3. The first-order valence-electron chi connectivity index (χ1n) is 5.96. The SMILES string of the molecule is NC(=O)C1CNCCN1c1nc2sccn2c1[N+](=O)[O-]. The molecule has 0 aliphatic carbocycles. The van der Waals surface area contributed by atoms with Crippen LogP contribution in [0, 0.1) is 10.1 Å². The predicted molar refractivity (Wildman–Crippen MR) is 72.9 cm³/mol. The number of carbonyl (C=O) groups is 1. The van der Waals surface area contributed by atoms with Gasteiger partial charge in [-0.1, -0.05) is 11.3 Å². The monoisotopic (exact) mass is 296 g/mol. The number of piperazine rings is 1. The molecule has 0 saturated carbocycles. The third kappa shape index (κ3) is 1.89. The van der Waals surface area contributed by atoms with Crippen molar-refractivity contribution in [1.82, 2.24) is 14.7 Å². The molecule has 2 aromatic heterocycles. The van der Waals surface area contributed by atoms with Crippen molar-refractivity contribution in [2.75, 3.05) is 24.5 Å². The van der Waals surface area contributed by atoms with Gasteiger partial charge in [0.15, 0.2) is 0 Å². The van der Waals surface area contributed by atoms with Crippen LogP contribution < -0.4 is 16.0 Å². The van der Waals surface area contributed by atoms with Gasteiger partial charge in [0.25, 0.3) is 4.96 Å². The van der Waals surface area contributed by atoms with Crippen LogP contribution in [0.25, 0.3) is 4.96 Å². The van der Waals surface area contributed by atoms with Crippen LogP contribution >= 0.6 is 11.3 Å². The Labute approximate surface area is 117 Å². The molecule has 0 radical (unpaired) electrons. The van der Waals surface area contributed by atoms with E-state index in [2.05, 4.69) is 10.3 Å². The van der Waals surface area contributed by atoms with Crippen molar-refractivity contribution >= 4 is 33.8 Å². The normalized spacial score (nSPS) is 19.4. The molecule has 2 aromatic rings. The zero-order valence-electron chi connectivity index (χ0n) is 10.4. The summed E-state index contributed by atoms with van der Waals surface area (Å²) >= 11 is 1.30. The molecule has 3 N–H and O–H groups in total. The van der Waals surface area contributed by atoms with E-state index in [0.29, 0.717) is 24.6 Å². The Balaban J connectivity index is 2.12. The van der Waals surface area contributed by atoms with Crippen LogP contribution in [-0.4, -0.2) is 45.9 Å². The van der Waals surface area contributed by atoms with Gasteiger partial charge in [0.05, 0.1) is 0 Å². The maximum atomic E-state index is 11.5. The number of nitrogens with zero attached hydrogens (tertiary/aromatic N) is 4. The van der Waals surface area contributed by atoms with Gasteiger partial charge in [0.2, 0.25) is 11.7 Å². The number of amides is 1. The van der Waals surface area contributed by atoms with Gasteiger partial charge in [0.1, 0.15) is 12.2 Å². The van der Waals surface area contributed by atoms with Gasteiger partial charge in [0, 0.05) is 25.0 Å². The van der Waals surface area contributed by atoms with Crippen LogP contribution in [-0.2, 0) is 4.79 Å². The van der Waals surface area contributed by atoms with Gasteiger partial charge < -0.3 is 26.1 Å². The zero-order chi connectivity index (χ0) is 14.3. The average Bonchev–Trinajstić information content (AvgIpc) is 2.97. The summed E-state index contributed by atoms with van der Waals surface area (Å²) in [7, 11) is 0. The van der Waals surface area contributed by atoms with Gasteiger partial charge >= 0.3 is 5.82 Å². The zero-order valence-corrected chi connectivity index (χ0v) is 11.2. The van der Waals surface area contributed by atoms with E-state index >= 15 is 0 Å². The summed E-state index contributed by atoms with van der Waals surface area (Å²) in [6.45, 7) is 1.42. The Kier molecular flexibility index (Phi) is 3.03. The van der Waals surface area contributed by atoms with Crippen LogP contribution in [0.15, 0.2) is 11.6 Å². The van der Waals surface area contributed by atoms with Gasteiger partial charge in [-0.2, -0.15) is 9.38 Å². The molecular formula is C10H12N6O3S. The molecule has 3 rings (SSSR count). The summed E-state index contributed by atoms with van der Waals surface area (Å²) < 4.78 is 1.42. The first-order valence-corrected chi connectivity index (χ1v) is 6.84. The molecular weight excluding hydrogens is 284 g/mol. The predicted octanol–water partition coefficient (Wildman–Crippen LogP) is -0.433. The Hall–Kier alpha value is -2.20. The van der Waals surface area contributed by atoms with E-state index < -0.39 is 16.9 Å². The largest absolute Gasteiger partial charge is 0.373 e. The molecule has 106 valence electrons. The molecule has 0 spiro atoms. The van der Waals surface area contributed by atoms with E-state index in [1.54, 1.807) is 16.5 Å². The van der Waals surface area contributed by atoms with E-state index in [-0.39, 0.29) is 11.6 Å². The summed E-state index contributed by atoms with van der Waals surface area (Å²) in [6.07, 6.45) is 1.59. The number of carbonyl (C=O) groups excluding carboxylic acids is 1. The molecule has 10 heteroatoms. The van der Waals surface area contributed by atoms with Crippen molar-refractivity contribution in [2.24, 2.45) is 5.73 Å². The standard InChI is InChI=1S/C10H12N6O3S/c11-7(17)6-5-12-1-2-14(6)8-9(16(18)19)15-3-4-20-10(15)13-8/h3-4,6,12H,1-2,5H2,(H2,11,17). The number of nitrogens with two attached hydrogens (primary N) is 1. The fraction of sp³-hybridized carbons (Fsp3) is 0.400. The summed E-state index contributed by atoms with van der Waals surface area (Å²) in [5.41, 5.74) is 5.37. The lowest BCUT2D eigenvalue weighted by Crippen LogP contribution is -2.57. The highest BCUT2D eigenvalue weighted by Crippen LogP contribution is 2.32. The molecule has 1 atom stereocenters. The number of hydrogen-bond donors (Lipinski definition) is 2. The fourth-order valence-electron chi connectivity index (χ4n) is 2.34. The summed E-state index contributed by atoms with van der Waals surface area (Å²) in [5.74, 6) is -0.454. The van der Waals surface area contributed by atoms with Crippen molar-refractivity contribution in [3.63, 3.8) is 0 Å². The number of primary amides is 1. The fourth-order valence-corrected chi connectivity index (χ4v) is 3.04. The van der Waals surface area contributed by atoms with E-state index in [1.807, 2.05) is 0 Å². The van der Waals surface area contributed by atoms with Crippen LogP contribution in [0.1, 0.15) is 0 Å². The number of nitrogens with one attached hydrogen (secondary N) is 1.